The highest BCUT2D eigenvalue weighted by atomic mass is 32.1. The summed E-state index contributed by atoms with van der Waals surface area (Å²) in [4.78, 5) is 9.88. The van der Waals surface area contributed by atoms with Crippen molar-refractivity contribution >= 4 is 17.2 Å². The number of aromatic nitrogens is 2. The van der Waals surface area contributed by atoms with E-state index in [9.17, 15) is 0 Å². The van der Waals surface area contributed by atoms with Gasteiger partial charge in [-0.2, -0.15) is 0 Å². The summed E-state index contributed by atoms with van der Waals surface area (Å²) in [5.41, 5.74) is 7.90. The molecule has 0 saturated heterocycles. The molecule has 78 valence electrons. The molecule has 2 heterocycles. The Morgan fingerprint density at radius 1 is 1.47 bits per heavy atom. The summed E-state index contributed by atoms with van der Waals surface area (Å²) in [5, 5.41) is 0.968. The molecule has 3 nitrogen and oxygen atoms in total. The third-order valence-corrected chi connectivity index (χ3v) is 3.34. The molecule has 0 fully saturated rings. The second-order valence-corrected chi connectivity index (χ2v) is 4.51. The molecule has 0 amide bonds. The van der Waals surface area contributed by atoms with Crippen molar-refractivity contribution in [1.29, 1.82) is 0 Å². The normalized spacial score (nSPS) is 10.5. The van der Waals surface area contributed by atoms with E-state index in [1.807, 2.05) is 12.1 Å². The van der Waals surface area contributed by atoms with E-state index in [1.165, 1.54) is 4.88 Å². The van der Waals surface area contributed by atoms with Gasteiger partial charge >= 0.3 is 0 Å². The smallest absolute Gasteiger partial charge is 0.133 e. The topological polar surface area (TPSA) is 51.8 Å². The lowest BCUT2D eigenvalue weighted by atomic mass is 10.2. The number of aryl methyl sites for hydroxylation is 2. The maximum absolute atomic E-state index is 5.81. The zero-order chi connectivity index (χ0) is 10.8. The molecule has 0 saturated carbocycles. The van der Waals surface area contributed by atoms with Crippen LogP contribution in [0.25, 0.3) is 10.6 Å². The van der Waals surface area contributed by atoms with Gasteiger partial charge in [0, 0.05) is 11.1 Å². The van der Waals surface area contributed by atoms with Crippen LogP contribution in [0.5, 0.6) is 0 Å². The summed E-state index contributed by atoms with van der Waals surface area (Å²) in [6, 6.07) is 3.84. The van der Waals surface area contributed by atoms with Gasteiger partial charge in [0.2, 0.25) is 0 Å². The number of hydrogen-bond donors (Lipinski definition) is 1. The molecular weight excluding hydrogens is 206 g/mol. The Kier molecular flexibility index (Phi) is 2.68. The first kappa shape index (κ1) is 10.1. The van der Waals surface area contributed by atoms with Crippen molar-refractivity contribution in [2.45, 2.75) is 20.3 Å². The number of nitrogens with zero attached hydrogens (tertiary/aromatic N) is 2. The SMILES string of the molecule is CCc1nc(-c2cccnc2N)sc1C. The maximum Gasteiger partial charge on any atom is 0.133 e. The summed E-state index contributed by atoms with van der Waals surface area (Å²) in [6.07, 6.45) is 2.66. The van der Waals surface area contributed by atoms with E-state index in [4.69, 9.17) is 5.73 Å². The summed E-state index contributed by atoms with van der Waals surface area (Å²) >= 11 is 1.68. The quantitative estimate of drug-likeness (QED) is 0.844. The van der Waals surface area contributed by atoms with Gasteiger partial charge in [-0.1, -0.05) is 6.92 Å². The lowest BCUT2D eigenvalue weighted by Crippen LogP contribution is -1.92. The molecule has 2 aromatic rings. The molecule has 2 rings (SSSR count). The summed E-state index contributed by atoms with van der Waals surface area (Å²) in [5.74, 6) is 0.550. The number of nitrogen functional groups attached to an aromatic ring is 1. The van der Waals surface area contributed by atoms with Gasteiger partial charge in [0.15, 0.2) is 0 Å². The Labute approximate surface area is 93.0 Å². The van der Waals surface area contributed by atoms with Crippen LogP contribution in [-0.2, 0) is 6.42 Å². The molecule has 0 aliphatic carbocycles. The standard InChI is InChI=1S/C11H13N3S/c1-3-9-7(2)15-11(14-9)8-5-4-6-13-10(8)12/h4-6H,3H2,1-2H3,(H2,12,13). The molecule has 0 spiro atoms. The fraction of sp³-hybridized carbons (Fsp3) is 0.273. The van der Waals surface area contributed by atoms with E-state index in [0.717, 1.165) is 22.7 Å². The molecule has 2 aromatic heterocycles. The van der Waals surface area contributed by atoms with Gasteiger partial charge in [-0.3, -0.25) is 0 Å². The Morgan fingerprint density at radius 3 is 2.87 bits per heavy atom. The van der Waals surface area contributed by atoms with E-state index >= 15 is 0 Å². The van der Waals surface area contributed by atoms with Crippen LogP contribution < -0.4 is 5.73 Å². The second kappa shape index (κ2) is 3.98. The third-order valence-electron chi connectivity index (χ3n) is 2.30. The average molecular weight is 219 g/mol. The molecule has 4 heteroatoms. The van der Waals surface area contributed by atoms with Crippen LogP contribution in [0.3, 0.4) is 0 Å². The van der Waals surface area contributed by atoms with E-state index in [1.54, 1.807) is 17.5 Å². The maximum atomic E-state index is 5.81. The van der Waals surface area contributed by atoms with Crippen LogP contribution in [0, 0.1) is 6.92 Å². The van der Waals surface area contributed by atoms with Crippen molar-refractivity contribution < 1.29 is 0 Å². The highest BCUT2D eigenvalue weighted by molar-refractivity contribution is 7.15. The first-order chi connectivity index (χ1) is 7.22. The number of hydrogen-bond acceptors (Lipinski definition) is 4. The zero-order valence-electron chi connectivity index (χ0n) is 8.82. The summed E-state index contributed by atoms with van der Waals surface area (Å²) < 4.78 is 0. The zero-order valence-corrected chi connectivity index (χ0v) is 9.64. The summed E-state index contributed by atoms with van der Waals surface area (Å²) in [7, 11) is 0. The van der Waals surface area contributed by atoms with E-state index in [0.29, 0.717) is 5.82 Å². The fourth-order valence-electron chi connectivity index (χ4n) is 1.47. The molecular formula is C11H13N3S. The van der Waals surface area contributed by atoms with Crippen molar-refractivity contribution in [2.75, 3.05) is 5.73 Å². The number of anilines is 1. The van der Waals surface area contributed by atoms with Crippen molar-refractivity contribution in [3.63, 3.8) is 0 Å². The highest BCUT2D eigenvalue weighted by Crippen LogP contribution is 2.30. The first-order valence-corrected chi connectivity index (χ1v) is 5.71. The molecule has 0 unspecified atom stereocenters. The Balaban J connectivity index is 2.50. The van der Waals surface area contributed by atoms with Crippen molar-refractivity contribution in [1.82, 2.24) is 9.97 Å². The minimum Gasteiger partial charge on any atom is -0.383 e. The van der Waals surface area contributed by atoms with Gasteiger partial charge < -0.3 is 5.73 Å². The second-order valence-electron chi connectivity index (χ2n) is 3.31. The lowest BCUT2D eigenvalue weighted by Gasteiger charge is -1.98. The van der Waals surface area contributed by atoms with E-state index in [-0.39, 0.29) is 0 Å². The average Bonchev–Trinajstić information content (AvgIpc) is 2.60. The molecule has 0 bridgehead atoms. The molecule has 15 heavy (non-hydrogen) atoms. The van der Waals surface area contributed by atoms with Crippen LogP contribution in [0.4, 0.5) is 5.82 Å². The molecule has 2 N–H and O–H groups in total. The minimum absolute atomic E-state index is 0.550. The molecule has 0 aliphatic rings. The molecule has 0 radical (unpaired) electrons. The third kappa shape index (κ3) is 1.85. The number of thiazole rings is 1. The number of rotatable bonds is 2. The molecule has 0 aliphatic heterocycles. The Hall–Kier alpha value is -1.42. The number of nitrogens with two attached hydrogens (primary N) is 1. The van der Waals surface area contributed by atoms with Gasteiger partial charge in [0.25, 0.3) is 0 Å². The highest BCUT2D eigenvalue weighted by Gasteiger charge is 2.10. The monoisotopic (exact) mass is 219 g/mol. The van der Waals surface area contributed by atoms with Gasteiger partial charge in [-0.05, 0) is 25.5 Å². The van der Waals surface area contributed by atoms with Gasteiger partial charge in [-0.15, -0.1) is 11.3 Å². The molecule has 0 aromatic carbocycles. The van der Waals surface area contributed by atoms with E-state index < -0.39 is 0 Å². The van der Waals surface area contributed by atoms with Gasteiger partial charge in [0.05, 0.1) is 11.3 Å². The van der Waals surface area contributed by atoms with Crippen LogP contribution in [0.2, 0.25) is 0 Å². The Bertz CT molecular complexity index is 476. The van der Waals surface area contributed by atoms with Crippen molar-refractivity contribution in [2.24, 2.45) is 0 Å². The largest absolute Gasteiger partial charge is 0.383 e. The Morgan fingerprint density at radius 2 is 2.27 bits per heavy atom. The number of pyridine rings is 1. The summed E-state index contributed by atoms with van der Waals surface area (Å²) in [6.45, 7) is 4.20. The van der Waals surface area contributed by atoms with Gasteiger partial charge in [-0.25, -0.2) is 9.97 Å². The van der Waals surface area contributed by atoms with Crippen LogP contribution in [0.15, 0.2) is 18.3 Å². The van der Waals surface area contributed by atoms with Crippen molar-refractivity contribution in [3.8, 4) is 10.6 Å². The van der Waals surface area contributed by atoms with Gasteiger partial charge in [0.1, 0.15) is 10.8 Å². The predicted molar refractivity (Wildman–Crippen MR) is 63.9 cm³/mol. The van der Waals surface area contributed by atoms with Crippen LogP contribution >= 0.6 is 11.3 Å². The van der Waals surface area contributed by atoms with Crippen LogP contribution in [0.1, 0.15) is 17.5 Å². The van der Waals surface area contributed by atoms with E-state index in [2.05, 4.69) is 23.8 Å². The fourth-order valence-corrected chi connectivity index (χ4v) is 2.51. The lowest BCUT2D eigenvalue weighted by molar-refractivity contribution is 1.05. The predicted octanol–water partition coefficient (Wildman–Crippen LogP) is 2.66. The van der Waals surface area contributed by atoms with Crippen LogP contribution in [-0.4, -0.2) is 9.97 Å². The van der Waals surface area contributed by atoms with Crippen molar-refractivity contribution in [3.05, 3.63) is 28.9 Å². The molecule has 0 atom stereocenters. The first-order valence-electron chi connectivity index (χ1n) is 4.89. The minimum atomic E-state index is 0.550.